The maximum absolute atomic E-state index is 13.7. The van der Waals surface area contributed by atoms with Crippen molar-refractivity contribution in [3.63, 3.8) is 0 Å². The van der Waals surface area contributed by atoms with Crippen molar-refractivity contribution >= 4 is 28.9 Å². The molecule has 2 amide bonds. The highest BCUT2D eigenvalue weighted by Crippen LogP contribution is 2.23. The number of benzene rings is 2. The molecule has 8 heteroatoms. The summed E-state index contributed by atoms with van der Waals surface area (Å²) in [6.45, 7) is 1.85. The summed E-state index contributed by atoms with van der Waals surface area (Å²) in [4.78, 5) is 24.4. The highest BCUT2D eigenvalue weighted by atomic mass is 19.2. The normalized spacial score (nSPS) is 14.2. The second kappa shape index (κ2) is 6.99. The fraction of sp³-hybridized carbons (Fsp3) is 0.167. The van der Waals surface area contributed by atoms with Gasteiger partial charge in [-0.2, -0.15) is 5.10 Å². The van der Waals surface area contributed by atoms with Gasteiger partial charge in [-0.1, -0.05) is 12.1 Å². The van der Waals surface area contributed by atoms with Crippen LogP contribution in [0.4, 0.5) is 24.5 Å². The van der Waals surface area contributed by atoms with Gasteiger partial charge >= 0.3 is 0 Å². The number of anilines is 2. The molecule has 0 saturated carbocycles. The molecule has 5 nitrogen and oxygen atoms in total. The molecule has 0 saturated heterocycles. The van der Waals surface area contributed by atoms with E-state index in [-0.39, 0.29) is 24.5 Å². The van der Waals surface area contributed by atoms with Crippen molar-refractivity contribution in [2.24, 2.45) is 5.10 Å². The summed E-state index contributed by atoms with van der Waals surface area (Å²) < 4.78 is 39.9. The van der Waals surface area contributed by atoms with Gasteiger partial charge in [0.15, 0.2) is 17.5 Å². The van der Waals surface area contributed by atoms with E-state index in [1.165, 1.54) is 0 Å². The number of carbonyl (C=O) groups is 2. The Balaban J connectivity index is 1.86. The third kappa shape index (κ3) is 3.44. The molecule has 0 spiro atoms. The van der Waals surface area contributed by atoms with Gasteiger partial charge < -0.3 is 5.32 Å². The number of rotatable bonds is 3. The SMILES string of the molecule is Cc1cccc(N2N=C(C(=O)Nc3ccc(F)c(F)c3F)CCC2=O)c1. The minimum Gasteiger partial charge on any atom is -0.318 e. The smallest absolute Gasteiger partial charge is 0.271 e. The highest BCUT2D eigenvalue weighted by Gasteiger charge is 2.26. The lowest BCUT2D eigenvalue weighted by Gasteiger charge is -2.23. The fourth-order valence-corrected chi connectivity index (χ4v) is 2.49. The zero-order chi connectivity index (χ0) is 18.8. The third-order valence-corrected chi connectivity index (χ3v) is 3.82. The maximum atomic E-state index is 13.7. The zero-order valence-electron chi connectivity index (χ0n) is 13.7. The van der Waals surface area contributed by atoms with Gasteiger partial charge in [0, 0.05) is 12.8 Å². The van der Waals surface area contributed by atoms with Crippen molar-refractivity contribution in [2.45, 2.75) is 19.8 Å². The maximum Gasteiger partial charge on any atom is 0.271 e. The molecule has 0 aromatic heterocycles. The minimum atomic E-state index is -1.68. The van der Waals surface area contributed by atoms with E-state index in [1.54, 1.807) is 18.2 Å². The van der Waals surface area contributed by atoms with Gasteiger partial charge in [0.25, 0.3) is 5.91 Å². The molecule has 26 heavy (non-hydrogen) atoms. The van der Waals surface area contributed by atoms with Gasteiger partial charge in [-0.25, -0.2) is 18.2 Å². The highest BCUT2D eigenvalue weighted by molar-refractivity contribution is 6.44. The number of hydrogen-bond donors (Lipinski definition) is 1. The second-order valence-electron chi connectivity index (χ2n) is 5.77. The van der Waals surface area contributed by atoms with E-state index >= 15 is 0 Å². The summed E-state index contributed by atoms with van der Waals surface area (Å²) in [6.07, 6.45) is 0.0960. The Morgan fingerprint density at radius 3 is 2.62 bits per heavy atom. The molecule has 1 N–H and O–H groups in total. The zero-order valence-corrected chi connectivity index (χ0v) is 13.7. The number of hydrogen-bond acceptors (Lipinski definition) is 3. The Labute approximate surface area is 147 Å². The summed E-state index contributed by atoms with van der Waals surface area (Å²) in [5.41, 5.74) is 0.885. The molecule has 1 aliphatic heterocycles. The van der Waals surface area contributed by atoms with Crippen LogP contribution < -0.4 is 10.3 Å². The second-order valence-corrected chi connectivity index (χ2v) is 5.77. The molecule has 0 aliphatic carbocycles. The Morgan fingerprint density at radius 2 is 1.88 bits per heavy atom. The predicted molar refractivity (Wildman–Crippen MR) is 90.3 cm³/mol. The van der Waals surface area contributed by atoms with E-state index in [4.69, 9.17) is 0 Å². The molecule has 134 valence electrons. The van der Waals surface area contributed by atoms with Crippen LogP contribution in [0.5, 0.6) is 0 Å². The molecule has 2 aromatic rings. The molecule has 1 aliphatic rings. The Bertz CT molecular complexity index is 928. The average Bonchev–Trinajstić information content (AvgIpc) is 2.62. The molecule has 2 aromatic carbocycles. The first-order valence-electron chi connectivity index (χ1n) is 7.79. The number of hydrazone groups is 1. The third-order valence-electron chi connectivity index (χ3n) is 3.82. The van der Waals surface area contributed by atoms with Gasteiger partial charge in [0.1, 0.15) is 5.71 Å². The van der Waals surface area contributed by atoms with E-state index in [9.17, 15) is 22.8 Å². The number of nitrogens with zero attached hydrogens (tertiary/aromatic N) is 2. The van der Waals surface area contributed by atoms with Gasteiger partial charge in [0.05, 0.1) is 11.4 Å². The van der Waals surface area contributed by atoms with Crippen molar-refractivity contribution < 1.29 is 22.8 Å². The van der Waals surface area contributed by atoms with Crippen LogP contribution in [-0.2, 0) is 9.59 Å². The molecule has 0 unspecified atom stereocenters. The van der Waals surface area contributed by atoms with Crippen molar-refractivity contribution in [2.75, 3.05) is 10.3 Å². The van der Waals surface area contributed by atoms with E-state index in [1.807, 2.05) is 13.0 Å². The fourth-order valence-electron chi connectivity index (χ4n) is 2.49. The van der Waals surface area contributed by atoms with Gasteiger partial charge in [-0.05, 0) is 36.8 Å². The minimum absolute atomic E-state index is 0.0183. The Hall–Kier alpha value is -3.16. The summed E-state index contributed by atoms with van der Waals surface area (Å²) in [5.74, 6) is -5.61. The van der Waals surface area contributed by atoms with Crippen LogP contribution in [0.3, 0.4) is 0 Å². The molecule has 3 rings (SSSR count). The number of carbonyl (C=O) groups excluding carboxylic acids is 2. The molecule has 0 radical (unpaired) electrons. The number of aryl methyl sites for hydroxylation is 1. The number of nitrogens with one attached hydrogen (secondary N) is 1. The molecule has 0 bridgehead atoms. The first kappa shape index (κ1) is 17.7. The van der Waals surface area contributed by atoms with Crippen molar-refractivity contribution in [1.29, 1.82) is 0 Å². The van der Waals surface area contributed by atoms with E-state index in [0.29, 0.717) is 11.8 Å². The lowest BCUT2D eigenvalue weighted by Crippen LogP contribution is -2.36. The molecular formula is C18H14F3N3O2. The van der Waals surface area contributed by atoms with Crippen LogP contribution in [0.1, 0.15) is 18.4 Å². The topological polar surface area (TPSA) is 61.8 Å². The van der Waals surface area contributed by atoms with Gasteiger partial charge in [-0.3, -0.25) is 9.59 Å². The van der Waals surface area contributed by atoms with Gasteiger partial charge in [-0.15, -0.1) is 0 Å². The molecule has 1 heterocycles. The average molecular weight is 361 g/mol. The summed E-state index contributed by atoms with van der Waals surface area (Å²) in [5, 5.41) is 7.30. The Morgan fingerprint density at radius 1 is 1.12 bits per heavy atom. The first-order chi connectivity index (χ1) is 12.4. The number of amides is 2. The predicted octanol–water partition coefficient (Wildman–Crippen LogP) is 3.53. The molecular weight excluding hydrogens is 347 g/mol. The van der Waals surface area contributed by atoms with Crippen molar-refractivity contribution in [3.8, 4) is 0 Å². The van der Waals surface area contributed by atoms with E-state index in [0.717, 1.165) is 16.6 Å². The van der Waals surface area contributed by atoms with Crippen LogP contribution >= 0.6 is 0 Å². The van der Waals surface area contributed by atoms with E-state index < -0.39 is 29.0 Å². The monoisotopic (exact) mass is 361 g/mol. The van der Waals surface area contributed by atoms with Crippen LogP contribution in [-0.4, -0.2) is 17.5 Å². The van der Waals surface area contributed by atoms with E-state index in [2.05, 4.69) is 10.4 Å². The largest absolute Gasteiger partial charge is 0.318 e. The quantitative estimate of drug-likeness (QED) is 0.850. The lowest BCUT2D eigenvalue weighted by molar-refractivity contribution is -0.118. The summed E-state index contributed by atoms with van der Waals surface area (Å²) in [7, 11) is 0. The van der Waals surface area contributed by atoms with Crippen LogP contribution in [0, 0.1) is 24.4 Å². The van der Waals surface area contributed by atoms with Crippen LogP contribution in [0.15, 0.2) is 41.5 Å². The molecule has 0 atom stereocenters. The standard InChI is InChI=1S/C18H14F3N3O2/c1-10-3-2-4-11(9-10)24-15(25)8-7-14(23-24)18(26)22-13-6-5-12(19)16(20)17(13)21/h2-6,9H,7-8H2,1H3,(H,22,26). The molecule has 0 fully saturated rings. The van der Waals surface area contributed by atoms with Gasteiger partial charge in [0.2, 0.25) is 5.91 Å². The summed E-state index contributed by atoms with van der Waals surface area (Å²) in [6, 6.07) is 8.62. The van der Waals surface area contributed by atoms with Crippen molar-refractivity contribution in [1.82, 2.24) is 0 Å². The van der Waals surface area contributed by atoms with Crippen molar-refractivity contribution in [3.05, 3.63) is 59.4 Å². The number of halogens is 3. The summed E-state index contributed by atoms with van der Waals surface area (Å²) >= 11 is 0. The van der Waals surface area contributed by atoms with Crippen LogP contribution in [0.25, 0.3) is 0 Å². The lowest BCUT2D eigenvalue weighted by atomic mass is 10.1. The first-order valence-corrected chi connectivity index (χ1v) is 7.79. The Kier molecular flexibility index (Phi) is 4.75. The van der Waals surface area contributed by atoms with Crippen LogP contribution in [0.2, 0.25) is 0 Å².